The molecule has 92 valence electrons. The summed E-state index contributed by atoms with van der Waals surface area (Å²) in [6, 6.07) is 6.01. The highest BCUT2D eigenvalue weighted by Gasteiger charge is 2.16. The average molecular weight is 259 g/mol. The minimum atomic E-state index is 0.0241. The number of hydrogen-bond acceptors (Lipinski definition) is 5. The van der Waals surface area contributed by atoms with Gasteiger partial charge >= 0.3 is 0 Å². The van der Waals surface area contributed by atoms with Gasteiger partial charge in [0, 0.05) is 29.8 Å². The number of fused-ring (bicyclic) bond motifs is 1. The van der Waals surface area contributed by atoms with E-state index in [1.807, 2.05) is 46.7 Å². The molecular weight excluding hydrogens is 246 g/mol. The first-order chi connectivity index (χ1) is 8.88. The number of nitrogens with zero attached hydrogens (tertiary/aromatic N) is 3. The zero-order chi connectivity index (χ0) is 12.4. The predicted octanol–water partition coefficient (Wildman–Crippen LogP) is 1.54. The molecule has 0 aliphatic rings. The van der Waals surface area contributed by atoms with E-state index in [-0.39, 0.29) is 6.04 Å². The summed E-state index contributed by atoms with van der Waals surface area (Å²) in [6.45, 7) is 0. The molecule has 0 aliphatic heterocycles. The summed E-state index contributed by atoms with van der Waals surface area (Å²) in [6.07, 6.45) is 6.36. The zero-order valence-corrected chi connectivity index (χ0v) is 10.5. The van der Waals surface area contributed by atoms with Gasteiger partial charge in [0.2, 0.25) is 0 Å². The summed E-state index contributed by atoms with van der Waals surface area (Å²) in [4.78, 5) is 4.29. The zero-order valence-electron chi connectivity index (χ0n) is 9.65. The second-order valence-corrected chi connectivity index (χ2v) is 4.96. The van der Waals surface area contributed by atoms with Crippen molar-refractivity contribution in [1.82, 2.24) is 20.0 Å². The number of nitrogens with two attached hydrogens (primary N) is 1. The van der Waals surface area contributed by atoms with Crippen molar-refractivity contribution < 1.29 is 0 Å². The molecule has 18 heavy (non-hydrogen) atoms. The fraction of sp³-hybridized carbons (Fsp3) is 0.167. The Morgan fingerprint density at radius 2 is 2.39 bits per heavy atom. The number of hydrogen-bond donors (Lipinski definition) is 2. The Balaban J connectivity index is 1.96. The molecule has 3 aromatic rings. The van der Waals surface area contributed by atoms with Crippen molar-refractivity contribution in [2.45, 2.75) is 12.5 Å². The lowest BCUT2D eigenvalue weighted by Gasteiger charge is -2.13. The normalized spacial score (nSPS) is 12.9. The van der Waals surface area contributed by atoms with Gasteiger partial charge in [0.05, 0.1) is 22.8 Å². The standard InChI is InChI=1S/C12H13N5S/c13-16-10(7-12-14-4-6-18-12)9-8-15-17-5-2-1-3-11(9)17/h1-6,8,10,16H,7,13H2. The van der Waals surface area contributed by atoms with Gasteiger partial charge in [-0.1, -0.05) is 6.07 Å². The van der Waals surface area contributed by atoms with E-state index in [0.717, 1.165) is 22.5 Å². The van der Waals surface area contributed by atoms with Gasteiger partial charge in [0.1, 0.15) is 0 Å². The van der Waals surface area contributed by atoms with Crippen LogP contribution in [0.25, 0.3) is 5.52 Å². The van der Waals surface area contributed by atoms with Gasteiger partial charge in [0.25, 0.3) is 0 Å². The van der Waals surface area contributed by atoms with Crippen molar-refractivity contribution in [3.8, 4) is 0 Å². The van der Waals surface area contributed by atoms with Gasteiger partial charge in [0.15, 0.2) is 0 Å². The predicted molar refractivity (Wildman–Crippen MR) is 71.1 cm³/mol. The Labute approximate surface area is 108 Å². The molecule has 0 fully saturated rings. The van der Waals surface area contributed by atoms with E-state index in [0.29, 0.717) is 0 Å². The third-order valence-electron chi connectivity index (χ3n) is 2.90. The Morgan fingerprint density at radius 1 is 1.44 bits per heavy atom. The molecule has 0 amide bonds. The Morgan fingerprint density at radius 3 is 3.17 bits per heavy atom. The van der Waals surface area contributed by atoms with Gasteiger partial charge < -0.3 is 0 Å². The summed E-state index contributed by atoms with van der Waals surface area (Å²) < 4.78 is 1.85. The van der Waals surface area contributed by atoms with Crippen molar-refractivity contribution in [1.29, 1.82) is 0 Å². The highest BCUT2D eigenvalue weighted by molar-refractivity contribution is 7.09. The molecule has 3 rings (SSSR count). The van der Waals surface area contributed by atoms with Crippen LogP contribution >= 0.6 is 11.3 Å². The average Bonchev–Trinajstić information content (AvgIpc) is 3.05. The molecule has 1 unspecified atom stereocenters. The van der Waals surface area contributed by atoms with Crippen LogP contribution in [0, 0.1) is 0 Å². The smallest absolute Gasteiger partial charge is 0.0944 e. The maximum Gasteiger partial charge on any atom is 0.0944 e. The second-order valence-electron chi connectivity index (χ2n) is 3.98. The van der Waals surface area contributed by atoms with Crippen LogP contribution in [-0.2, 0) is 6.42 Å². The maximum absolute atomic E-state index is 5.66. The molecule has 3 N–H and O–H groups in total. The Kier molecular flexibility index (Phi) is 3.06. The molecule has 6 heteroatoms. The second kappa shape index (κ2) is 4.85. The van der Waals surface area contributed by atoms with Gasteiger partial charge in [-0.05, 0) is 12.1 Å². The molecule has 0 saturated heterocycles. The lowest BCUT2D eigenvalue weighted by Crippen LogP contribution is -2.29. The van der Waals surface area contributed by atoms with Crippen molar-refractivity contribution in [3.63, 3.8) is 0 Å². The van der Waals surface area contributed by atoms with Crippen molar-refractivity contribution in [3.05, 3.63) is 52.7 Å². The number of nitrogens with one attached hydrogen (secondary N) is 1. The summed E-state index contributed by atoms with van der Waals surface area (Å²) in [5.41, 5.74) is 5.01. The molecule has 5 nitrogen and oxygen atoms in total. The highest BCUT2D eigenvalue weighted by atomic mass is 32.1. The van der Waals surface area contributed by atoms with Crippen LogP contribution in [0.4, 0.5) is 0 Å². The number of hydrazine groups is 1. The Bertz CT molecular complexity index is 631. The van der Waals surface area contributed by atoms with Crippen molar-refractivity contribution in [2.24, 2.45) is 5.84 Å². The first-order valence-corrected chi connectivity index (χ1v) is 6.53. The number of rotatable bonds is 4. The molecule has 0 saturated carbocycles. The van der Waals surface area contributed by atoms with Crippen LogP contribution in [0.5, 0.6) is 0 Å². The van der Waals surface area contributed by atoms with E-state index >= 15 is 0 Å². The topological polar surface area (TPSA) is 68.2 Å². The molecular formula is C12H13N5S. The lowest BCUT2D eigenvalue weighted by atomic mass is 10.1. The number of aromatic nitrogens is 3. The minimum absolute atomic E-state index is 0.0241. The van der Waals surface area contributed by atoms with E-state index in [1.54, 1.807) is 11.3 Å². The largest absolute Gasteiger partial charge is 0.271 e. The van der Waals surface area contributed by atoms with Crippen LogP contribution in [0.15, 0.2) is 42.2 Å². The van der Waals surface area contributed by atoms with E-state index in [9.17, 15) is 0 Å². The van der Waals surface area contributed by atoms with E-state index in [2.05, 4.69) is 15.5 Å². The van der Waals surface area contributed by atoms with Crippen LogP contribution in [0.2, 0.25) is 0 Å². The van der Waals surface area contributed by atoms with Crippen LogP contribution in [0.3, 0.4) is 0 Å². The summed E-state index contributed by atoms with van der Waals surface area (Å²) in [5.74, 6) is 5.66. The molecule has 0 aromatic carbocycles. The lowest BCUT2D eigenvalue weighted by molar-refractivity contribution is 0.554. The molecule has 0 aliphatic carbocycles. The Hall–Kier alpha value is -1.76. The summed E-state index contributed by atoms with van der Waals surface area (Å²) >= 11 is 1.64. The number of pyridine rings is 1. The van der Waals surface area contributed by atoms with Gasteiger partial charge in [-0.15, -0.1) is 11.3 Å². The fourth-order valence-electron chi connectivity index (χ4n) is 2.01. The van der Waals surface area contributed by atoms with E-state index in [1.165, 1.54) is 0 Å². The summed E-state index contributed by atoms with van der Waals surface area (Å²) in [5, 5.41) is 7.36. The van der Waals surface area contributed by atoms with Crippen molar-refractivity contribution >= 4 is 16.9 Å². The third kappa shape index (κ3) is 2.01. The maximum atomic E-state index is 5.66. The molecule has 3 aromatic heterocycles. The molecule has 3 heterocycles. The number of thiazole rings is 1. The molecule has 0 radical (unpaired) electrons. The van der Waals surface area contributed by atoms with E-state index in [4.69, 9.17) is 5.84 Å². The molecule has 1 atom stereocenters. The molecule has 0 bridgehead atoms. The minimum Gasteiger partial charge on any atom is -0.271 e. The fourth-order valence-corrected chi connectivity index (χ4v) is 2.67. The van der Waals surface area contributed by atoms with Gasteiger partial charge in [-0.3, -0.25) is 11.3 Å². The monoisotopic (exact) mass is 259 g/mol. The highest BCUT2D eigenvalue weighted by Crippen LogP contribution is 2.22. The van der Waals surface area contributed by atoms with Crippen LogP contribution in [-0.4, -0.2) is 14.6 Å². The van der Waals surface area contributed by atoms with Crippen molar-refractivity contribution in [2.75, 3.05) is 0 Å². The first kappa shape index (κ1) is 11.3. The SMILES string of the molecule is NNC(Cc1nccs1)c1cnn2ccccc12. The summed E-state index contributed by atoms with van der Waals surface area (Å²) in [7, 11) is 0. The van der Waals surface area contributed by atoms with Crippen LogP contribution < -0.4 is 11.3 Å². The van der Waals surface area contributed by atoms with Gasteiger partial charge in [-0.2, -0.15) is 5.10 Å². The van der Waals surface area contributed by atoms with Gasteiger partial charge in [-0.25, -0.2) is 9.50 Å². The van der Waals surface area contributed by atoms with E-state index < -0.39 is 0 Å². The van der Waals surface area contributed by atoms with Crippen LogP contribution in [0.1, 0.15) is 16.6 Å². The quantitative estimate of drug-likeness (QED) is 0.551. The molecule has 0 spiro atoms. The first-order valence-electron chi connectivity index (χ1n) is 5.65. The third-order valence-corrected chi connectivity index (χ3v) is 3.70.